The van der Waals surface area contributed by atoms with Gasteiger partial charge >= 0.3 is 5.97 Å². The first-order valence-electron chi connectivity index (χ1n) is 5.05. The van der Waals surface area contributed by atoms with Crippen molar-refractivity contribution in [2.75, 3.05) is 13.2 Å². The zero-order chi connectivity index (χ0) is 11.8. The van der Waals surface area contributed by atoms with Crippen molar-refractivity contribution in [1.82, 2.24) is 0 Å². The summed E-state index contributed by atoms with van der Waals surface area (Å²) in [6.07, 6.45) is 0.801. The molecule has 0 amide bonds. The van der Waals surface area contributed by atoms with Crippen molar-refractivity contribution in [3.05, 3.63) is 29.8 Å². The molecule has 16 heavy (non-hydrogen) atoms. The fraction of sp³-hybridized carbons (Fsp3) is 0.333. The summed E-state index contributed by atoms with van der Waals surface area (Å²) < 4.78 is 10.0. The molecule has 1 rings (SSSR count). The highest BCUT2D eigenvalue weighted by atomic mass is 16.5. The van der Waals surface area contributed by atoms with E-state index in [1.165, 1.54) is 0 Å². The van der Waals surface area contributed by atoms with Crippen LogP contribution in [-0.4, -0.2) is 19.2 Å². The first kappa shape index (κ1) is 12.1. The van der Waals surface area contributed by atoms with Gasteiger partial charge in [-0.3, -0.25) is 0 Å². The van der Waals surface area contributed by atoms with Crippen LogP contribution >= 0.6 is 0 Å². The molecule has 1 aromatic rings. The number of benzene rings is 1. The Balaban J connectivity index is 2.57. The van der Waals surface area contributed by atoms with Gasteiger partial charge in [-0.15, -0.1) is 0 Å². The Morgan fingerprint density at radius 1 is 1.38 bits per heavy atom. The average Bonchev–Trinajstić information content (AvgIpc) is 2.34. The van der Waals surface area contributed by atoms with Crippen LogP contribution in [0.5, 0.6) is 5.75 Å². The third-order valence-electron chi connectivity index (χ3n) is 1.83. The minimum absolute atomic E-state index is 0.000369. The van der Waals surface area contributed by atoms with Crippen molar-refractivity contribution >= 4 is 5.97 Å². The van der Waals surface area contributed by atoms with Gasteiger partial charge < -0.3 is 9.47 Å². The fourth-order valence-electron chi connectivity index (χ4n) is 1.08. The molecular formula is C12H13NO3. The van der Waals surface area contributed by atoms with Gasteiger partial charge in [-0.25, -0.2) is 4.79 Å². The molecule has 0 N–H and O–H groups in total. The third kappa shape index (κ3) is 3.62. The monoisotopic (exact) mass is 219 g/mol. The lowest BCUT2D eigenvalue weighted by atomic mass is 10.2. The Hall–Kier alpha value is -2.02. The SMILES string of the molecule is CCCOC(=O)c1ccc(OCC#N)cc1. The van der Waals surface area contributed by atoms with Gasteiger partial charge in [0.1, 0.15) is 11.8 Å². The van der Waals surface area contributed by atoms with E-state index in [2.05, 4.69) is 0 Å². The zero-order valence-electron chi connectivity index (χ0n) is 9.10. The molecule has 84 valence electrons. The summed E-state index contributed by atoms with van der Waals surface area (Å²) in [5, 5.41) is 8.32. The first-order valence-corrected chi connectivity index (χ1v) is 5.05. The van der Waals surface area contributed by atoms with Crippen LogP contribution in [0, 0.1) is 11.3 Å². The molecular weight excluding hydrogens is 206 g/mol. The summed E-state index contributed by atoms with van der Waals surface area (Å²) in [6, 6.07) is 8.38. The van der Waals surface area contributed by atoms with E-state index in [4.69, 9.17) is 14.7 Å². The Bertz CT molecular complexity index is 378. The predicted octanol–water partition coefficient (Wildman–Crippen LogP) is 2.16. The maximum Gasteiger partial charge on any atom is 0.338 e. The van der Waals surface area contributed by atoms with E-state index in [0.29, 0.717) is 17.9 Å². The second kappa shape index (κ2) is 6.46. The van der Waals surface area contributed by atoms with E-state index in [-0.39, 0.29) is 12.6 Å². The Kier molecular flexibility index (Phi) is 4.87. The lowest BCUT2D eigenvalue weighted by molar-refractivity contribution is 0.0505. The van der Waals surface area contributed by atoms with Crippen LogP contribution in [0.4, 0.5) is 0 Å². The molecule has 0 saturated carbocycles. The van der Waals surface area contributed by atoms with Crippen LogP contribution in [0.15, 0.2) is 24.3 Å². The number of carbonyl (C=O) groups is 1. The van der Waals surface area contributed by atoms with Crippen LogP contribution in [0.2, 0.25) is 0 Å². The van der Waals surface area contributed by atoms with Crippen molar-refractivity contribution in [3.63, 3.8) is 0 Å². The van der Waals surface area contributed by atoms with Gasteiger partial charge in [-0.1, -0.05) is 6.92 Å². The molecule has 0 aromatic heterocycles. The smallest absolute Gasteiger partial charge is 0.338 e. The zero-order valence-corrected chi connectivity index (χ0v) is 9.10. The highest BCUT2D eigenvalue weighted by molar-refractivity contribution is 5.89. The van der Waals surface area contributed by atoms with Gasteiger partial charge in [0.15, 0.2) is 6.61 Å². The number of hydrogen-bond donors (Lipinski definition) is 0. The predicted molar refractivity (Wildman–Crippen MR) is 58.1 cm³/mol. The van der Waals surface area contributed by atoms with E-state index in [1.807, 2.05) is 13.0 Å². The molecule has 0 aliphatic carbocycles. The molecule has 0 heterocycles. The van der Waals surface area contributed by atoms with Crippen LogP contribution in [0.25, 0.3) is 0 Å². The molecule has 0 bridgehead atoms. The quantitative estimate of drug-likeness (QED) is 0.712. The van der Waals surface area contributed by atoms with Gasteiger partial charge in [-0.2, -0.15) is 5.26 Å². The van der Waals surface area contributed by atoms with E-state index in [0.717, 1.165) is 6.42 Å². The summed E-state index contributed by atoms with van der Waals surface area (Å²) in [7, 11) is 0. The molecule has 1 aromatic carbocycles. The molecule has 0 spiro atoms. The minimum Gasteiger partial charge on any atom is -0.479 e. The lowest BCUT2D eigenvalue weighted by Crippen LogP contribution is -2.05. The van der Waals surface area contributed by atoms with Gasteiger partial charge in [0.2, 0.25) is 0 Å². The number of carbonyl (C=O) groups excluding carboxylic acids is 1. The Morgan fingerprint density at radius 2 is 2.06 bits per heavy atom. The largest absolute Gasteiger partial charge is 0.479 e. The summed E-state index contributed by atoms with van der Waals surface area (Å²) in [6.45, 7) is 2.36. The second-order valence-corrected chi connectivity index (χ2v) is 3.11. The van der Waals surface area contributed by atoms with Crippen molar-refractivity contribution in [3.8, 4) is 11.8 Å². The highest BCUT2D eigenvalue weighted by Gasteiger charge is 2.06. The Labute approximate surface area is 94.4 Å². The summed E-state index contributed by atoms with van der Waals surface area (Å²) >= 11 is 0. The number of hydrogen-bond acceptors (Lipinski definition) is 4. The average molecular weight is 219 g/mol. The van der Waals surface area contributed by atoms with Gasteiger partial charge in [0, 0.05) is 0 Å². The lowest BCUT2D eigenvalue weighted by Gasteiger charge is -2.04. The van der Waals surface area contributed by atoms with Crippen molar-refractivity contribution in [2.45, 2.75) is 13.3 Å². The first-order chi connectivity index (χ1) is 7.77. The number of ether oxygens (including phenoxy) is 2. The molecule has 4 heteroatoms. The summed E-state index contributed by atoms with van der Waals surface area (Å²) in [4.78, 5) is 11.4. The summed E-state index contributed by atoms with van der Waals surface area (Å²) in [5.41, 5.74) is 0.484. The van der Waals surface area contributed by atoms with Crippen molar-refractivity contribution in [2.24, 2.45) is 0 Å². The number of rotatable bonds is 5. The summed E-state index contributed by atoms with van der Waals surface area (Å²) in [5.74, 6) is 0.224. The molecule has 0 aliphatic rings. The van der Waals surface area contributed by atoms with Crippen molar-refractivity contribution < 1.29 is 14.3 Å². The molecule has 0 fully saturated rings. The second-order valence-electron chi connectivity index (χ2n) is 3.11. The number of nitrogens with zero attached hydrogens (tertiary/aromatic N) is 1. The van der Waals surface area contributed by atoms with Crippen LogP contribution in [0.1, 0.15) is 23.7 Å². The number of nitriles is 1. The maximum absolute atomic E-state index is 11.4. The number of esters is 1. The molecule has 0 saturated heterocycles. The normalized spacial score (nSPS) is 9.25. The van der Waals surface area contributed by atoms with E-state index >= 15 is 0 Å². The van der Waals surface area contributed by atoms with E-state index in [9.17, 15) is 4.79 Å². The molecule has 0 radical (unpaired) electrons. The van der Waals surface area contributed by atoms with Crippen LogP contribution < -0.4 is 4.74 Å². The molecule has 0 atom stereocenters. The molecule has 0 unspecified atom stereocenters. The standard InChI is InChI=1S/C12H13NO3/c1-2-8-16-12(14)10-3-5-11(6-4-10)15-9-7-13/h3-6H,2,8-9H2,1H3. The maximum atomic E-state index is 11.4. The van der Waals surface area contributed by atoms with E-state index < -0.39 is 0 Å². The van der Waals surface area contributed by atoms with Gasteiger partial charge in [-0.05, 0) is 30.7 Å². The van der Waals surface area contributed by atoms with Gasteiger partial charge in [0.25, 0.3) is 0 Å². The molecule has 4 nitrogen and oxygen atoms in total. The van der Waals surface area contributed by atoms with Gasteiger partial charge in [0.05, 0.1) is 12.2 Å². The van der Waals surface area contributed by atoms with Crippen molar-refractivity contribution in [1.29, 1.82) is 5.26 Å². The third-order valence-corrected chi connectivity index (χ3v) is 1.83. The topological polar surface area (TPSA) is 59.3 Å². The fourth-order valence-corrected chi connectivity index (χ4v) is 1.08. The van der Waals surface area contributed by atoms with Crippen LogP contribution in [-0.2, 0) is 4.74 Å². The Morgan fingerprint density at radius 3 is 2.62 bits per heavy atom. The molecule has 0 aliphatic heterocycles. The van der Waals surface area contributed by atoms with E-state index in [1.54, 1.807) is 24.3 Å². The van der Waals surface area contributed by atoms with Crippen LogP contribution in [0.3, 0.4) is 0 Å². The minimum atomic E-state index is -0.339. The highest BCUT2D eigenvalue weighted by Crippen LogP contribution is 2.12.